The van der Waals surface area contributed by atoms with Gasteiger partial charge in [0, 0.05) is 5.75 Å². The van der Waals surface area contributed by atoms with Gasteiger partial charge in [0.05, 0.1) is 10.9 Å². The van der Waals surface area contributed by atoms with Crippen LogP contribution in [0, 0.1) is 0 Å². The van der Waals surface area contributed by atoms with E-state index >= 15 is 0 Å². The molecule has 1 rings (SSSR count). The van der Waals surface area contributed by atoms with Gasteiger partial charge in [0.15, 0.2) is 0 Å². The first kappa shape index (κ1) is 11.8. The average Bonchev–Trinajstić information content (AvgIpc) is 2.47. The number of thioether (sulfide) groups is 1. The Bertz CT molecular complexity index is 247. The van der Waals surface area contributed by atoms with Crippen LogP contribution in [0.15, 0.2) is 0 Å². The molecule has 6 heteroatoms. The summed E-state index contributed by atoms with van der Waals surface area (Å²) in [6, 6.07) is -0.120. The number of alkyl halides is 1. The number of rotatable bonds is 3. The van der Waals surface area contributed by atoms with Crippen LogP contribution < -0.4 is 0 Å². The van der Waals surface area contributed by atoms with E-state index in [1.54, 1.807) is 18.7 Å². The zero-order valence-corrected chi connectivity index (χ0v) is 10.4. The summed E-state index contributed by atoms with van der Waals surface area (Å²) >= 11 is 4.74. The van der Waals surface area contributed by atoms with E-state index in [9.17, 15) is 9.59 Å². The molecule has 0 aliphatic carbocycles. The molecule has 0 aromatic rings. The highest BCUT2D eigenvalue weighted by Gasteiger charge is 2.38. The van der Waals surface area contributed by atoms with Gasteiger partial charge in [-0.3, -0.25) is 4.79 Å². The van der Waals surface area contributed by atoms with Gasteiger partial charge in [-0.25, -0.2) is 9.69 Å². The molecule has 0 radical (unpaired) electrons. The van der Waals surface area contributed by atoms with E-state index in [-0.39, 0.29) is 16.8 Å². The molecular weight excluding hydrogens is 270 g/mol. The van der Waals surface area contributed by atoms with Crippen molar-refractivity contribution in [3.63, 3.8) is 0 Å². The molecule has 2 amide bonds. The Balaban J connectivity index is 2.71. The van der Waals surface area contributed by atoms with Gasteiger partial charge in [-0.15, -0.1) is 0 Å². The van der Waals surface area contributed by atoms with Crippen molar-refractivity contribution in [3.05, 3.63) is 0 Å². The molecule has 80 valence electrons. The van der Waals surface area contributed by atoms with Crippen molar-refractivity contribution >= 4 is 39.7 Å². The number of hydrogen-bond acceptors (Lipinski definition) is 4. The van der Waals surface area contributed by atoms with Crippen LogP contribution in [0.25, 0.3) is 0 Å². The molecule has 2 atom stereocenters. The van der Waals surface area contributed by atoms with Gasteiger partial charge in [-0.2, -0.15) is 11.8 Å². The number of ether oxygens (including phenoxy) is 1. The molecule has 1 saturated heterocycles. The van der Waals surface area contributed by atoms with E-state index < -0.39 is 6.09 Å². The molecule has 0 N–H and O–H groups in total. The summed E-state index contributed by atoms with van der Waals surface area (Å²) in [5, 5.41) is 0. The van der Waals surface area contributed by atoms with Crippen LogP contribution >= 0.6 is 27.7 Å². The number of nitrogens with zero attached hydrogens (tertiary/aromatic N) is 1. The maximum Gasteiger partial charge on any atom is 0.417 e. The highest BCUT2D eigenvalue weighted by atomic mass is 79.9. The molecule has 4 nitrogen and oxygen atoms in total. The first-order valence-corrected chi connectivity index (χ1v) is 6.51. The number of halogens is 1. The first-order chi connectivity index (χ1) is 6.57. The van der Waals surface area contributed by atoms with E-state index in [1.165, 1.54) is 4.90 Å². The van der Waals surface area contributed by atoms with Crippen LogP contribution in [0.3, 0.4) is 0 Å². The molecule has 1 aliphatic rings. The Morgan fingerprint density at radius 1 is 1.86 bits per heavy atom. The maximum absolute atomic E-state index is 11.6. The highest BCUT2D eigenvalue weighted by molar-refractivity contribution is 9.10. The van der Waals surface area contributed by atoms with Crippen molar-refractivity contribution in [1.29, 1.82) is 0 Å². The van der Waals surface area contributed by atoms with E-state index in [0.29, 0.717) is 6.61 Å². The Morgan fingerprint density at radius 2 is 2.50 bits per heavy atom. The average molecular weight is 282 g/mol. The van der Waals surface area contributed by atoms with Gasteiger partial charge >= 0.3 is 6.09 Å². The third kappa shape index (κ3) is 2.42. The summed E-state index contributed by atoms with van der Waals surface area (Å²) in [4.78, 5) is 23.7. The predicted molar refractivity (Wildman–Crippen MR) is 58.8 cm³/mol. The Morgan fingerprint density at radius 3 is 3.00 bits per heavy atom. The third-order valence-electron chi connectivity index (χ3n) is 1.90. The van der Waals surface area contributed by atoms with Gasteiger partial charge in [-0.1, -0.05) is 15.9 Å². The fourth-order valence-electron chi connectivity index (χ4n) is 1.24. The second-order valence-corrected chi connectivity index (χ2v) is 5.29. The number of hydrogen-bond donors (Lipinski definition) is 0. The molecule has 1 unspecified atom stereocenters. The van der Waals surface area contributed by atoms with Crippen LogP contribution in [0.5, 0.6) is 0 Å². The second kappa shape index (κ2) is 5.02. The molecule has 0 spiro atoms. The van der Waals surface area contributed by atoms with Crippen molar-refractivity contribution < 1.29 is 14.3 Å². The fourth-order valence-corrected chi connectivity index (χ4v) is 2.09. The summed E-state index contributed by atoms with van der Waals surface area (Å²) in [6.45, 7) is 2.01. The van der Waals surface area contributed by atoms with Crippen molar-refractivity contribution in [2.75, 3.05) is 18.6 Å². The van der Waals surface area contributed by atoms with E-state index in [1.807, 2.05) is 6.26 Å². The topological polar surface area (TPSA) is 46.6 Å². The minimum absolute atomic E-state index is 0.120. The van der Waals surface area contributed by atoms with Gasteiger partial charge in [0.2, 0.25) is 5.91 Å². The Hall–Kier alpha value is -0.230. The number of amides is 2. The second-order valence-electron chi connectivity index (χ2n) is 3.01. The van der Waals surface area contributed by atoms with Crippen molar-refractivity contribution in [1.82, 2.24) is 4.90 Å². The number of imide groups is 1. The van der Waals surface area contributed by atoms with E-state index in [4.69, 9.17) is 4.74 Å². The van der Waals surface area contributed by atoms with Gasteiger partial charge < -0.3 is 4.74 Å². The maximum atomic E-state index is 11.6. The normalized spacial score (nSPS) is 23.5. The molecule has 0 bridgehead atoms. The number of cyclic esters (lactones) is 1. The smallest absolute Gasteiger partial charge is 0.417 e. The Kier molecular flexibility index (Phi) is 4.25. The Labute approximate surface area is 95.5 Å². The van der Waals surface area contributed by atoms with Crippen LogP contribution in [-0.4, -0.2) is 46.4 Å². The largest absolute Gasteiger partial charge is 0.447 e. The predicted octanol–water partition coefficient (Wildman–Crippen LogP) is 1.48. The van der Waals surface area contributed by atoms with Gasteiger partial charge in [0.1, 0.15) is 6.61 Å². The lowest BCUT2D eigenvalue weighted by atomic mass is 10.3. The standard InChI is InChI=1S/C8H12BrNO3S/c1-5(9)7(11)10-6(4-14-2)3-13-8(10)12/h5-6H,3-4H2,1-2H3/t5?,6-/m0/s1. The molecule has 1 fully saturated rings. The summed E-state index contributed by atoms with van der Waals surface area (Å²) in [5.74, 6) is 0.489. The molecule has 0 aromatic heterocycles. The van der Waals surface area contributed by atoms with Crippen LogP contribution in [0.2, 0.25) is 0 Å². The van der Waals surface area contributed by atoms with Crippen LogP contribution in [0.4, 0.5) is 4.79 Å². The summed E-state index contributed by atoms with van der Waals surface area (Å²) in [6.07, 6.45) is 1.41. The van der Waals surface area contributed by atoms with Crippen molar-refractivity contribution in [3.8, 4) is 0 Å². The fraction of sp³-hybridized carbons (Fsp3) is 0.750. The van der Waals surface area contributed by atoms with Crippen LogP contribution in [-0.2, 0) is 9.53 Å². The summed E-state index contributed by atoms with van der Waals surface area (Å²) in [7, 11) is 0. The van der Waals surface area contributed by atoms with Crippen molar-refractivity contribution in [2.24, 2.45) is 0 Å². The monoisotopic (exact) mass is 281 g/mol. The van der Waals surface area contributed by atoms with Gasteiger partial charge in [0.25, 0.3) is 0 Å². The lowest BCUT2D eigenvalue weighted by Gasteiger charge is -2.19. The summed E-state index contributed by atoms with van der Waals surface area (Å²) in [5.41, 5.74) is 0. The number of carbonyl (C=O) groups is 2. The lowest BCUT2D eigenvalue weighted by Crippen LogP contribution is -2.43. The first-order valence-electron chi connectivity index (χ1n) is 4.20. The van der Waals surface area contributed by atoms with Crippen LogP contribution in [0.1, 0.15) is 6.92 Å². The van der Waals surface area contributed by atoms with E-state index in [0.717, 1.165) is 5.75 Å². The quantitative estimate of drug-likeness (QED) is 0.736. The van der Waals surface area contributed by atoms with Gasteiger partial charge in [-0.05, 0) is 13.2 Å². The molecule has 0 saturated carbocycles. The molecular formula is C8H12BrNO3S. The zero-order valence-electron chi connectivity index (χ0n) is 8.03. The van der Waals surface area contributed by atoms with Crippen molar-refractivity contribution in [2.45, 2.75) is 17.8 Å². The zero-order chi connectivity index (χ0) is 10.7. The van der Waals surface area contributed by atoms with E-state index in [2.05, 4.69) is 15.9 Å². The molecule has 0 aromatic carbocycles. The molecule has 1 aliphatic heterocycles. The number of carbonyl (C=O) groups excluding carboxylic acids is 2. The highest BCUT2D eigenvalue weighted by Crippen LogP contribution is 2.18. The minimum Gasteiger partial charge on any atom is -0.447 e. The third-order valence-corrected chi connectivity index (χ3v) is 3.01. The molecule has 14 heavy (non-hydrogen) atoms. The SMILES string of the molecule is CSC[C@@H]1COC(=O)N1C(=O)C(C)Br. The minimum atomic E-state index is -0.527. The summed E-state index contributed by atoms with van der Waals surface area (Å²) < 4.78 is 4.83. The lowest BCUT2D eigenvalue weighted by molar-refractivity contribution is -0.127. The molecule has 1 heterocycles.